The van der Waals surface area contributed by atoms with E-state index < -0.39 is 11.9 Å². The van der Waals surface area contributed by atoms with Crippen molar-refractivity contribution in [2.75, 3.05) is 18.5 Å². The van der Waals surface area contributed by atoms with Crippen LogP contribution in [0.2, 0.25) is 0 Å². The summed E-state index contributed by atoms with van der Waals surface area (Å²) in [5.74, 6) is -1.36. The monoisotopic (exact) mass is 309 g/mol. The van der Waals surface area contributed by atoms with Gasteiger partial charge in [0.1, 0.15) is 17.2 Å². The highest BCUT2D eigenvalue weighted by molar-refractivity contribution is 7.18. The minimum atomic E-state index is -1.01. The molecule has 0 aliphatic carbocycles. The predicted molar refractivity (Wildman–Crippen MR) is 79.0 cm³/mol. The number of ether oxygens (including phenoxy) is 1. The Morgan fingerprint density at radius 1 is 1.33 bits per heavy atom. The molecule has 0 bridgehead atoms. The predicted octanol–water partition coefficient (Wildman–Crippen LogP) is 1.98. The van der Waals surface area contributed by atoms with Crippen LogP contribution in [0.5, 0.6) is 0 Å². The molecule has 0 saturated heterocycles. The zero-order chi connectivity index (χ0) is 15.6. The minimum absolute atomic E-state index is 0.0708. The molecule has 2 aromatic heterocycles. The molecule has 7 nitrogen and oxygen atoms in total. The van der Waals surface area contributed by atoms with Gasteiger partial charge in [-0.2, -0.15) is 0 Å². The molecule has 8 heteroatoms. The van der Waals surface area contributed by atoms with Gasteiger partial charge in [-0.3, -0.25) is 4.79 Å². The summed E-state index contributed by atoms with van der Waals surface area (Å²) < 4.78 is 4.89. The van der Waals surface area contributed by atoms with Gasteiger partial charge in [-0.15, -0.1) is 11.3 Å². The van der Waals surface area contributed by atoms with Gasteiger partial charge < -0.3 is 15.2 Å². The summed E-state index contributed by atoms with van der Waals surface area (Å²) in [5, 5.41) is 12.3. The highest BCUT2D eigenvalue weighted by Gasteiger charge is 2.19. The lowest BCUT2D eigenvalue weighted by Gasteiger charge is -2.07. The zero-order valence-electron chi connectivity index (χ0n) is 11.9. The van der Waals surface area contributed by atoms with Crippen LogP contribution in [0.15, 0.2) is 0 Å². The molecule has 2 heterocycles. The second kappa shape index (κ2) is 6.04. The van der Waals surface area contributed by atoms with Gasteiger partial charge in [0, 0.05) is 4.88 Å². The summed E-state index contributed by atoms with van der Waals surface area (Å²) in [7, 11) is 0. The number of anilines is 1. The smallest absolute Gasteiger partial charge is 0.376 e. The van der Waals surface area contributed by atoms with E-state index in [0.29, 0.717) is 10.6 Å². The molecule has 0 saturated carbocycles. The Labute approximate surface area is 125 Å². The van der Waals surface area contributed by atoms with Crippen LogP contribution < -0.4 is 5.32 Å². The van der Waals surface area contributed by atoms with Gasteiger partial charge in [-0.25, -0.2) is 14.8 Å². The Balaban J connectivity index is 2.54. The fourth-order valence-electron chi connectivity index (χ4n) is 1.82. The van der Waals surface area contributed by atoms with Crippen molar-refractivity contribution < 1.29 is 19.4 Å². The van der Waals surface area contributed by atoms with Crippen LogP contribution >= 0.6 is 11.3 Å². The molecule has 0 aliphatic rings. The van der Waals surface area contributed by atoms with E-state index >= 15 is 0 Å². The summed E-state index contributed by atoms with van der Waals surface area (Å²) in [6.45, 7) is 5.48. The first-order valence-corrected chi connectivity index (χ1v) is 7.16. The van der Waals surface area contributed by atoms with E-state index in [1.165, 1.54) is 11.3 Å². The van der Waals surface area contributed by atoms with Crippen molar-refractivity contribution in [1.29, 1.82) is 0 Å². The number of hydrogen-bond acceptors (Lipinski definition) is 7. The van der Waals surface area contributed by atoms with E-state index in [-0.39, 0.29) is 19.0 Å². The van der Waals surface area contributed by atoms with Gasteiger partial charge in [0.05, 0.1) is 12.0 Å². The molecule has 0 radical (unpaired) electrons. The summed E-state index contributed by atoms with van der Waals surface area (Å²) in [6, 6.07) is 0. The maximum atomic E-state index is 11.8. The summed E-state index contributed by atoms with van der Waals surface area (Å²) in [4.78, 5) is 32.5. The van der Waals surface area contributed by atoms with Gasteiger partial charge >= 0.3 is 11.9 Å². The number of carboxylic acids is 1. The number of aryl methyl sites for hydroxylation is 2. The number of nitrogens with zero attached hydrogens (tertiary/aromatic N) is 2. The molecule has 0 unspecified atom stereocenters. The molecule has 0 aromatic carbocycles. The maximum absolute atomic E-state index is 11.8. The van der Waals surface area contributed by atoms with Gasteiger partial charge in [-0.05, 0) is 26.3 Å². The summed E-state index contributed by atoms with van der Waals surface area (Å²) in [6.07, 6.45) is 0. The van der Waals surface area contributed by atoms with Crippen LogP contribution in [0.1, 0.15) is 28.0 Å². The van der Waals surface area contributed by atoms with Crippen molar-refractivity contribution in [2.24, 2.45) is 0 Å². The van der Waals surface area contributed by atoms with Crippen LogP contribution in [0.4, 0.5) is 5.82 Å². The van der Waals surface area contributed by atoms with E-state index in [1.54, 1.807) is 6.92 Å². The lowest BCUT2D eigenvalue weighted by atomic mass is 10.2. The maximum Gasteiger partial charge on any atom is 0.376 e. The SMILES string of the molecule is CCOC(=O)c1nc(NCC(=O)O)c2c(C)c(C)sc2n1. The second-order valence-electron chi connectivity index (χ2n) is 4.33. The largest absolute Gasteiger partial charge is 0.480 e. The third kappa shape index (κ3) is 3.10. The zero-order valence-corrected chi connectivity index (χ0v) is 12.7. The highest BCUT2D eigenvalue weighted by atomic mass is 32.1. The molecule has 2 N–H and O–H groups in total. The molecule has 0 atom stereocenters. The molecule has 21 heavy (non-hydrogen) atoms. The number of aromatic nitrogens is 2. The van der Waals surface area contributed by atoms with Crippen molar-refractivity contribution in [3.8, 4) is 0 Å². The number of thiophene rings is 1. The number of carbonyl (C=O) groups excluding carboxylic acids is 1. The number of fused-ring (bicyclic) bond motifs is 1. The minimum Gasteiger partial charge on any atom is -0.480 e. The lowest BCUT2D eigenvalue weighted by Crippen LogP contribution is -2.16. The van der Waals surface area contributed by atoms with Crippen LogP contribution in [0.25, 0.3) is 10.2 Å². The van der Waals surface area contributed by atoms with E-state index in [1.807, 2.05) is 13.8 Å². The van der Waals surface area contributed by atoms with Gasteiger partial charge in [-0.1, -0.05) is 0 Å². The molecule has 0 spiro atoms. The van der Waals surface area contributed by atoms with Crippen molar-refractivity contribution in [3.63, 3.8) is 0 Å². The Hall–Kier alpha value is -2.22. The average Bonchev–Trinajstić information content (AvgIpc) is 2.71. The molecule has 2 rings (SSSR count). The molecule has 2 aromatic rings. The molecular formula is C13H15N3O4S. The Morgan fingerprint density at radius 3 is 2.67 bits per heavy atom. The van der Waals surface area contributed by atoms with Crippen molar-refractivity contribution in [3.05, 3.63) is 16.3 Å². The Kier molecular flexibility index (Phi) is 4.37. The van der Waals surface area contributed by atoms with E-state index in [4.69, 9.17) is 9.84 Å². The molecule has 0 amide bonds. The average molecular weight is 309 g/mol. The van der Waals surface area contributed by atoms with Crippen molar-refractivity contribution in [1.82, 2.24) is 9.97 Å². The van der Waals surface area contributed by atoms with E-state index in [2.05, 4.69) is 15.3 Å². The summed E-state index contributed by atoms with van der Waals surface area (Å²) >= 11 is 1.43. The van der Waals surface area contributed by atoms with Gasteiger partial charge in [0.25, 0.3) is 0 Å². The van der Waals surface area contributed by atoms with E-state index in [0.717, 1.165) is 15.8 Å². The first kappa shape index (κ1) is 15.2. The number of carbonyl (C=O) groups is 2. The molecular weight excluding hydrogens is 294 g/mol. The lowest BCUT2D eigenvalue weighted by molar-refractivity contribution is -0.134. The number of carboxylic acid groups (broad SMARTS) is 1. The van der Waals surface area contributed by atoms with Crippen molar-refractivity contribution >= 4 is 39.3 Å². The number of esters is 1. The first-order valence-electron chi connectivity index (χ1n) is 6.34. The van der Waals surface area contributed by atoms with Crippen LogP contribution in [0.3, 0.4) is 0 Å². The quantitative estimate of drug-likeness (QED) is 0.814. The fourth-order valence-corrected chi connectivity index (χ4v) is 2.85. The Bertz CT molecular complexity index is 711. The first-order chi connectivity index (χ1) is 9.93. The normalized spacial score (nSPS) is 10.6. The van der Waals surface area contributed by atoms with Crippen LogP contribution in [-0.2, 0) is 9.53 Å². The van der Waals surface area contributed by atoms with Gasteiger partial charge in [0.2, 0.25) is 5.82 Å². The van der Waals surface area contributed by atoms with Crippen LogP contribution in [0, 0.1) is 13.8 Å². The number of rotatable bonds is 5. The topological polar surface area (TPSA) is 101 Å². The number of hydrogen-bond donors (Lipinski definition) is 2. The third-order valence-electron chi connectivity index (χ3n) is 2.89. The van der Waals surface area contributed by atoms with Crippen molar-refractivity contribution in [2.45, 2.75) is 20.8 Å². The third-order valence-corrected chi connectivity index (χ3v) is 3.99. The highest BCUT2D eigenvalue weighted by Crippen LogP contribution is 2.33. The standard InChI is InChI=1S/C13H15N3O4S/c1-4-20-13(19)11-15-10(14-5-8(17)18)9-6(2)7(3)21-12(9)16-11/h4-5H2,1-3H3,(H,17,18)(H,14,15,16). The molecule has 0 fully saturated rings. The Morgan fingerprint density at radius 2 is 2.05 bits per heavy atom. The fraction of sp³-hybridized carbons (Fsp3) is 0.385. The van der Waals surface area contributed by atoms with Gasteiger partial charge in [0.15, 0.2) is 0 Å². The van der Waals surface area contributed by atoms with Crippen LogP contribution in [-0.4, -0.2) is 40.2 Å². The summed E-state index contributed by atoms with van der Waals surface area (Å²) in [5.41, 5.74) is 0.971. The van der Waals surface area contributed by atoms with E-state index in [9.17, 15) is 9.59 Å². The number of nitrogens with one attached hydrogen (secondary N) is 1. The molecule has 0 aliphatic heterocycles. The molecule has 112 valence electrons. The number of aliphatic carboxylic acids is 1. The second-order valence-corrected chi connectivity index (χ2v) is 5.53.